The highest BCUT2D eigenvalue weighted by Crippen LogP contribution is 2.46. The van der Waals surface area contributed by atoms with E-state index < -0.39 is 0 Å². The normalized spacial score (nSPS) is 20.6. The molecule has 5 rings (SSSR count). The molecule has 1 unspecified atom stereocenters. The number of anilines is 1. The number of fused-ring (bicyclic) bond motifs is 1. The number of nitrogens with zero attached hydrogens (tertiary/aromatic N) is 2. The summed E-state index contributed by atoms with van der Waals surface area (Å²) in [5.74, 6) is 0.580. The largest absolute Gasteiger partial charge is 0.335 e. The van der Waals surface area contributed by atoms with Gasteiger partial charge in [-0.2, -0.15) is 0 Å². The molecule has 0 spiro atoms. The molecule has 1 saturated carbocycles. The number of rotatable bonds is 3. The molecule has 2 fully saturated rings. The minimum atomic E-state index is -0.0267. The number of amides is 2. The molecule has 24 heavy (non-hydrogen) atoms. The van der Waals surface area contributed by atoms with Gasteiger partial charge >= 0.3 is 6.03 Å². The average molecular weight is 335 g/mol. The van der Waals surface area contributed by atoms with Gasteiger partial charge in [0.2, 0.25) is 0 Å². The smallest absolute Gasteiger partial charge is 0.322 e. The first-order chi connectivity index (χ1) is 11.8. The van der Waals surface area contributed by atoms with Gasteiger partial charge in [-0.15, -0.1) is 11.3 Å². The van der Waals surface area contributed by atoms with E-state index in [4.69, 9.17) is 0 Å². The van der Waals surface area contributed by atoms with Crippen LogP contribution in [-0.2, 0) is 0 Å². The molecule has 1 aromatic carbocycles. The van der Waals surface area contributed by atoms with E-state index in [1.165, 1.54) is 34.1 Å². The molecule has 1 saturated heterocycles. The van der Waals surface area contributed by atoms with E-state index in [-0.39, 0.29) is 12.1 Å². The van der Waals surface area contributed by atoms with Gasteiger partial charge in [0.1, 0.15) is 0 Å². The summed E-state index contributed by atoms with van der Waals surface area (Å²) in [6.07, 6.45) is 6.09. The molecule has 2 amide bonds. The van der Waals surface area contributed by atoms with Crippen molar-refractivity contribution in [3.05, 3.63) is 59.2 Å². The van der Waals surface area contributed by atoms with Crippen LogP contribution in [0.25, 0.3) is 10.1 Å². The zero-order valence-corrected chi connectivity index (χ0v) is 13.9. The van der Waals surface area contributed by atoms with E-state index in [1.807, 2.05) is 17.3 Å². The second kappa shape index (κ2) is 5.31. The Bertz CT molecular complexity index is 931. The van der Waals surface area contributed by atoms with Crippen LogP contribution in [0.4, 0.5) is 10.5 Å². The van der Waals surface area contributed by atoms with Crippen LogP contribution >= 0.6 is 11.3 Å². The van der Waals surface area contributed by atoms with Gasteiger partial charge in [-0.25, -0.2) is 4.79 Å². The molecule has 3 aromatic rings. The second-order valence-electron chi connectivity index (χ2n) is 6.50. The monoisotopic (exact) mass is 335 g/mol. The number of urea groups is 1. The summed E-state index contributed by atoms with van der Waals surface area (Å²) < 4.78 is 1.26. The van der Waals surface area contributed by atoms with Crippen molar-refractivity contribution in [3.8, 4) is 0 Å². The summed E-state index contributed by atoms with van der Waals surface area (Å²) in [5, 5.41) is 6.37. The first-order valence-electron chi connectivity index (χ1n) is 8.29. The maximum absolute atomic E-state index is 12.6. The Morgan fingerprint density at radius 2 is 2.12 bits per heavy atom. The third-order valence-electron chi connectivity index (χ3n) is 4.95. The molecule has 2 aromatic heterocycles. The predicted octanol–water partition coefficient (Wildman–Crippen LogP) is 4.44. The number of hydrogen-bond donors (Lipinski definition) is 1. The summed E-state index contributed by atoms with van der Waals surface area (Å²) >= 11 is 1.74. The fourth-order valence-electron chi connectivity index (χ4n) is 3.56. The van der Waals surface area contributed by atoms with Gasteiger partial charge in [-0.3, -0.25) is 9.88 Å². The molecule has 4 nitrogen and oxygen atoms in total. The standard InChI is InChI=1S/C19H17N3OS/c23-19-21-11-16(14-4-3-13-6-8-24-18(13)9-14)22(19)17-10-20-7-5-15(17)12-1-2-12/h3-10,12,16H,1-2,11H2,(H,21,23). The highest BCUT2D eigenvalue weighted by Gasteiger charge is 2.37. The number of carbonyl (C=O) groups is 1. The lowest BCUT2D eigenvalue weighted by molar-refractivity contribution is 0.251. The lowest BCUT2D eigenvalue weighted by atomic mass is 10.0. The highest BCUT2D eigenvalue weighted by molar-refractivity contribution is 7.17. The molecule has 0 radical (unpaired) electrons. The van der Waals surface area contributed by atoms with Crippen molar-refractivity contribution in [1.82, 2.24) is 10.3 Å². The van der Waals surface area contributed by atoms with Crippen molar-refractivity contribution in [2.75, 3.05) is 11.4 Å². The summed E-state index contributed by atoms with van der Waals surface area (Å²) in [5.41, 5.74) is 3.39. The molecule has 0 bridgehead atoms. The fraction of sp³-hybridized carbons (Fsp3) is 0.263. The van der Waals surface area contributed by atoms with Crippen LogP contribution in [0.3, 0.4) is 0 Å². The van der Waals surface area contributed by atoms with Crippen LogP contribution in [0, 0.1) is 0 Å². The molecule has 1 aliphatic carbocycles. The van der Waals surface area contributed by atoms with E-state index in [0.717, 1.165) is 5.69 Å². The molecule has 2 aliphatic rings. The zero-order chi connectivity index (χ0) is 16.1. The Hall–Kier alpha value is -2.40. The number of thiophene rings is 1. The van der Waals surface area contributed by atoms with Gasteiger partial charge < -0.3 is 5.32 Å². The fourth-order valence-corrected chi connectivity index (χ4v) is 4.40. The first-order valence-corrected chi connectivity index (χ1v) is 9.17. The van der Waals surface area contributed by atoms with Gasteiger partial charge in [0.25, 0.3) is 0 Å². The van der Waals surface area contributed by atoms with Gasteiger partial charge in [0.05, 0.1) is 17.9 Å². The van der Waals surface area contributed by atoms with Crippen molar-refractivity contribution >= 4 is 33.1 Å². The van der Waals surface area contributed by atoms with Crippen molar-refractivity contribution in [2.24, 2.45) is 0 Å². The van der Waals surface area contributed by atoms with Crippen LogP contribution in [0.2, 0.25) is 0 Å². The Balaban J connectivity index is 1.59. The Kier molecular flexibility index (Phi) is 3.10. The van der Waals surface area contributed by atoms with Gasteiger partial charge in [0, 0.05) is 17.4 Å². The van der Waals surface area contributed by atoms with E-state index in [2.05, 4.69) is 46.0 Å². The number of benzene rings is 1. The molecular weight excluding hydrogens is 318 g/mol. The van der Waals surface area contributed by atoms with Crippen LogP contribution in [-0.4, -0.2) is 17.6 Å². The van der Waals surface area contributed by atoms with Crippen LogP contribution in [0.1, 0.15) is 35.9 Å². The minimum absolute atomic E-state index is 0.0192. The summed E-state index contributed by atoms with van der Waals surface area (Å²) in [4.78, 5) is 18.7. The van der Waals surface area contributed by atoms with Gasteiger partial charge in [0.15, 0.2) is 0 Å². The number of hydrogen-bond acceptors (Lipinski definition) is 3. The summed E-state index contributed by atoms with van der Waals surface area (Å²) in [7, 11) is 0. The van der Waals surface area contributed by atoms with E-state index in [9.17, 15) is 4.79 Å². The first kappa shape index (κ1) is 14.0. The van der Waals surface area contributed by atoms with E-state index in [0.29, 0.717) is 12.5 Å². The SMILES string of the molecule is O=C1NCC(c2ccc3ccsc3c2)N1c1cnccc1C1CC1. The number of nitrogens with one attached hydrogen (secondary N) is 1. The zero-order valence-electron chi connectivity index (χ0n) is 13.1. The number of aromatic nitrogens is 1. The number of carbonyl (C=O) groups excluding carboxylic acids is 1. The van der Waals surface area contributed by atoms with E-state index >= 15 is 0 Å². The highest BCUT2D eigenvalue weighted by atomic mass is 32.1. The Morgan fingerprint density at radius 3 is 3.00 bits per heavy atom. The summed E-state index contributed by atoms with van der Waals surface area (Å²) in [6.45, 7) is 0.634. The van der Waals surface area contributed by atoms with Crippen LogP contribution < -0.4 is 10.2 Å². The maximum atomic E-state index is 12.6. The quantitative estimate of drug-likeness (QED) is 0.769. The summed E-state index contributed by atoms with van der Waals surface area (Å²) in [6, 6.07) is 10.7. The molecule has 5 heteroatoms. The predicted molar refractivity (Wildman–Crippen MR) is 96.7 cm³/mol. The minimum Gasteiger partial charge on any atom is -0.335 e. The van der Waals surface area contributed by atoms with Crippen molar-refractivity contribution in [1.29, 1.82) is 0 Å². The molecule has 1 aliphatic heterocycles. The van der Waals surface area contributed by atoms with Crippen LogP contribution in [0.5, 0.6) is 0 Å². The van der Waals surface area contributed by atoms with Crippen LogP contribution in [0.15, 0.2) is 48.1 Å². The molecule has 1 atom stereocenters. The van der Waals surface area contributed by atoms with Crippen molar-refractivity contribution in [2.45, 2.75) is 24.8 Å². The lowest BCUT2D eigenvalue weighted by Crippen LogP contribution is -2.30. The maximum Gasteiger partial charge on any atom is 0.322 e. The second-order valence-corrected chi connectivity index (χ2v) is 7.45. The van der Waals surface area contributed by atoms with Gasteiger partial charge in [-0.1, -0.05) is 12.1 Å². The molecular formula is C19H17N3OS. The molecule has 1 N–H and O–H groups in total. The Morgan fingerprint density at radius 1 is 1.21 bits per heavy atom. The Labute approximate surface area is 144 Å². The van der Waals surface area contributed by atoms with E-state index in [1.54, 1.807) is 11.3 Å². The average Bonchev–Trinajstić information content (AvgIpc) is 3.23. The van der Waals surface area contributed by atoms with Gasteiger partial charge in [-0.05, 0) is 58.9 Å². The lowest BCUT2D eigenvalue weighted by Gasteiger charge is -2.25. The third kappa shape index (κ3) is 2.19. The number of pyridine rings is 1. The van der Waals surface area contributed by atoms with Crippen molar-refractivity contribution in [3.63, 3.8) is 0 Å². The molecule has 120 valence electrons. The third-order valence-corrected chi connectivity index (χ3v) is 5.83. The topological polar surface area (TPSA) is 45.2 Å². The van der Waals surface area contributed by atoms with Crippen molar-refractivity contribution < 1.29 is 4.79 Å². The molecule has 3 heterocycles.